The lowest BCUT2D eigenvalue weighted by Gasteiger charge is -2.17. The molecule has 1 aliphatic heterocycles. The van der Waals surface area contributed by atoms with Crippen molar-refractivity contribution < 1.29 is 14.3 Å². The number of nitrogens with one attached hydrogen (secondary N) is 1. The van der Waals surface area contributed by atoms with Gasteiger partial charge in [-0.3, -0.25) is 4.79 Å². The Bertz CT molecular complexity index is 454. The third kappa shape index (κ3) is 4.28. The van der Waals surface area contributed by atoms with Gasteiger partial charge in [0.1, 0.15) is 0 Å². The summed E-state index contributed by atoms with van der Waals surface area (Å²) in [4.78, 5) is 13.6. The van der Waals surface area contributed by atoms with Gasteiger partial charge < -0.3 is 19.7 Å². The highest BCUT2D eigenvalue weighted by Gasteiger charge is 2.15. The maximum absolute atomic E-state index is 11.9. The molecule has 2 rings (SSSR count). The van der Waals surface area contributed by atoms with Gasteiger partial charge in [0.15, 0.2) is 11.5 Å². The number of hydrogen-bond donors (Lipinski definition) is 1. The molecule has 1 aromatic rings. The molecule has 0 aromatic heterocycles. The maximum Gasteiger partial charge on any atom is 0.231 e. The first kappa shape index (κ1) is 16.6. The normalized spacial score (nSPS) is 11.9. The average Bonchev–Trinajstić information content (AvgIpc) is 2.86. The molecule has 0 fully saturated rings. The van der Waals surface area contributed by atoms with Crippen LogP contribution in [0.3, 0.4) is 0 Å². The van der Waals surface area contributed by atoms with E-state index in [2.05, 4.69) is 5.32 Å². The van der Waals surface area contributed by atoms with Crippen molar-refractivity contribution >= 4 is 18.3 Å². The van der Waals surface area contributed by atoms with Crippen LogP contribution in [0, 0.1) is 0 Å². The molecule has 0 spiro atoms. The van der Waals surface area contributed by atoms with E-state index in [0.29, 0.717) is 13.0 Å². The van der Waals surface area contributed by atoms with E-state index < -0.39 is 0 Å². The van der Waals surface area contributed by atoms with Crippen LogP contribution < -0.4 is 14.8 Å². The molecule has 6 heteroatoms. The minimum Gasteiger partial charge on any atom is -0.454 e. The Labute approximate surface area is 125 Å². The summed E-state index contributed by atoms with van der Waals surface area (Å²) >= 11 is 0. The van der Waals surface area contributed by atoms with Crippen molar-refractivity contribution in [2.24, 2.45) is 0 Å². The zero-order valence-corrected chi connectivity index (χ0v) is 12.7. The highest BCUT2D eigenvalue weighted by Crippen LogP contribution is 2.32. The fourth-order valence-corrected chi connectivity index (χ4v) is 2.01. The van der Waals surface area contributed by atoms with Crippen LogP contribution in [-0.2, 0) is 11.3 Å². The number of benzene rings is 1. The first-order valence-electron chi connectivity index (χ1n) is 6.48. The molecule has 112 valence electrons. The molecule has 20 heavy (non-hydrogen) atoms. The van der Waals surface area contributed by atoms with E-state index in [4.69, 9.17) is 9.47 Å². The third-order valence-corrected chi connectivity index (χ3v) is 3.10. The van der Waals surface area contributed by atoms with Crippen LogP contribution >= 0.6 is 12.4 Å². The number of amides is 1. The fraction of sp³-hybridized carbons (Fsp3) is 0.500. The SMILES string of the molecule is CNCCCC(=O)N(C)Cc1ccc2c(c1)OCO2.Cl. The van der Waals surface area contributed by atoms with Gasteiger partial charge in [-0.05, 0) is 37.7 Å². The van der Waals surface area contributed by atoms with Gasteiger partial charge in [-0.1, -0.05) is 6.07 Å². The van der Waals surface area contributed by atoms with Gasteiger partial charge >= 0.3 is 0 Å². The topological polar surface area (TPSA) is 50.8 Å². The molecular weight excluding hydrogens is 280 g/mol. The molecule has 0 bridgehead atoms. The largest absolute Gasteiger partial charge is 0.454 e. The maximum atomic E-state index is 11.9. The van der Waals surface area contributed by atoms with E-state index in [1.165, 1.54) is 0 Å². The lowest BCUT2D eigenvalue weighted by Crippen LogP contribution is -2.26. The summed E-state index contributed by atoms with van der Waals surface area (Å²) < 4.78 is 10.6. The molecule has 1 amide bonds. The molecule has 0 atom stereocenters. The quantitative estimate of drug-likeness (QED) is 0.814. The summed E-state index contributed by atoms with van der Waals surface area (Å²) in [5.41, 5.74) is 1.05. The first-order valence-corrected chi connectivity index (χ1v) is 6.48. The van der Waals surface area contributed by atoms with Gasteiger partial charge in [0.05, 0.1) is 0 Å². The first-order chi connectivity index (χ1) is 9.20. The van der Waals surface area contributed by atoms with E-state index in [-0.39, 0.29) is 25.1 Å². The summed E-state index contributed by atoms with van der Waals surface area (Å²) in [7, 11) is 3.72. The van der Waals surface area contributed by atoms with Crippen LogP contribution in [0.4, 0.5) is 0 Å². The van der Waals surface area contributed by atoms with Crippen molar-refractivity contribution in [1.29, 1.82) is 0 Å². The van der Waals surface area contributed by atoms with Crippen molar-refractivity contribution in [3.63, 3.8) is 0 Å². The molecule has 1 N–H and O–H groups in total. The van der Waals surface area contributed by atoms with Crippen LogP contribution in [0.25, 0.3) is 0 Å². The predicted octanol–water partition coefficient (Wildman–Crippen LogP) is 1.80. The highest BCUT2D eigenvalue weighted by molar-refractivity contribution is 5.85. The number of carbonyl (C=O) groups excluding carboxylic acids is 1. The van der Waals surface area contributed by atoms with E-state index in [1.807, 2.05) is 32.3 Å². The monoisotopic (exact) mass is 300 g/mol. The Morgan fingerprint density at radius 2 is 2.10 bits per heavy atom. The van der Waals surface area contributed by atoms with Gasteiger partial charge in [0.25, 0.3) is 0 Å². The Morgan fingerprint density at radius 1 is 1.35 bits per heavy atom. The molecule has 1 aromatic carbocycles. The van der Waals surface area contributed by atoms with Gasteiger partial charge in [0, 0.05) is 20.0 Å². The number of fused-ring (bicyclic) bond motifs is 1. The standard InChI is InChI=1S/C14H20N2O3.ClH/c1-15-7-3-4-14(17)16(2)9-11-5-6-12-13(8-11)19-10-18-12;/h5-6,8,15H,3-4,7,9-10H2,1-2H3;1H. The number of halogens is 1. The van der Waals surface area contributed by atoms with E-state index >= 15 is 0 Å². The Balaban J connectivity index is 0.00000200. The van der Waals surface area contributed by atoms with Crippen LogP contribution in [0.2, 0.25) is 0 Å². The second kappa shape index (κ2) is 7.97. The predicted molar refractivity (Wildman–Crippen MR) is 79.4 cm³/mol. The van der Waals surface area contributed by atoms with Crippen LogP contribution in [-0.4, -0.2) is 38.2 Å². The lowest BCUT2D eigenvalue weighted by atomic mass is 10.2. The van der Waals surface area contributed by atoms with Crippen molar-refractivity contribution in [1.82, 2.24) is 10.2 Å². The number of ether oxygens (including phenoxy) is 2. The fourth-order valence-electron chi connectivity index (χ4n) is 2.01. The third-order valence-electron chi connectivity index (χ3n) is 3.10. The summed E-state index contributed by atoms with van der Waals surface area (Å²) in [5.74, 6) is 1.69. The van der Waals surface area contributed by atoms with E-state index in [0.717, 1.165) is 30.0 Å². The summed E-state index contributed by atoms with van der Waals surface area (Å²) in [5, 5.41) is 3.04. The lowest BCUT2D eigenvalue weighted by molar-refractivity contribution is -0.130. The second-order valence-electron chi connectivity index (χ2n) is 4.64. The van der Waals surface area contributed by atoms with E-state index in [1.54, 1.807) is 4.90 Å². The second-order valence-corrected chi connectivity index (χ2v) is 4.64. The van der Waals surface area contributed by atoms with Gasteiger partial charge in [-0.15, -0.1) is 12.4 Å². The van der Waals surface area contributed by atoms with Gasteiger partial charge in [-0.2, -0.15) is 0 Å². The Kier molecular flexibility index (Phi) is 6.61. The molecule has 0 saturated carbocycles. The molecule has 5 nitrogen and oxygen atoms in total. The smallest absolute Gasteiger partial charge is 0.231 e. The molecular formula is C14H21ClN2O3. The summed E-state index contributed by atoms with van der Waals surface area (Å²) in [6, 6.07) is 5.78. The zero-order valence-electron chi connectivity index (χ0n) is 11.8. The number of rotatable bonds is 6. The van der Waals surface area contributed by atoms with Crippen molar-refractivity contribution in [2.75, 3.05) is 27.4 Å². The van der Waals surface area contributed by atoms with Crippen LogP contribution in [0.5, 0.6) is 11.5 Å². The van der Waals surface area contributed by atoms with Crippen molar-refractivity contribution in [3.05, 3.63) is 23.8 Å². The summed E-state index contributed by atoms with van der Waals surface area (Å²) in [6.45, 7) is 1.73. The van der Waals surface area contributed by atoms with Gasteiger partial charge in [0.2, 0.25) is 12.7 Å². The molecule has 1 heterocycles. The Morgan fingerprint density at radius 3 is 2.85 bits per heavy atom. The minimum atomic E-state index is 0. The van der Waals surface area contributed by atoms with Crippen molar-refractivity contribution in [3.8, 4) is 11.5 Å². The average molecular weight is 301 g/mol. The highest BCUT2D eigenvalue weighted by atomic mass is 35.5. The van der Waals surface area contributed by atoms with E-state index in [9.17, 15) is 4.79 Å². The molecule has 0 aliphatic carbocycles. The van der Waals surface area contributed by atoms with Crippen molar-refractivity contribution in [2.45, 2.75) is 19.4 Å². The van der Waals surface area contributed by atoms with Crippen LogP contribution in [0.1, 0.15) is 18.4 Å². The minimum absolute atomic E-state index is 0. The molecule has 0 radical (unpaired) electrons. The number of carbonyl (C=O) groups is 1. The van der Waals surface area contributed by atoms with Gasteiger partial charge in [-0.25, -0.2) is 0 Å². The molecule has 1 aliphatic rings. The number of nitrogens with zero attached hydrogens (tertiary/aromatic N) is 1. The van der Waals surface area contributed by atoms with Crippen LogP contribution in [0.15, 0.2) is 18.2 Å². The summed E-state index contributed by atoms with van der Waals surface area (Å²) in [6.07, 6.45) is 1.43. The zero-order chi connectivity index (χ0) is 13.7. The molecule has 0 unspecified atom stereocenters. The molecule has 0 saturated heterocycles. The Hall–Kier alpha value is -1.46. The number of hydrogen-bond acceptors (Lipinski definition) is 4.